The van der Waals surface area contributed by atoms with Crippen molar-refractivity contribution in [1.29, 1.82) is 0 Å². The van der Waals surface area contributed by atoms with Crippen LogP contribution in [-0.4, -0.2) is 132 Å². The Kier molecular flexibility index (Phi) is 10.7. The van der Waals surface area contributed by atoms with Crippen molar-refractivity contribution in [3.8, 4) is 0 Å². The molecule has 60 heavy (non-hydrogen) atoms. The van der Waals surface area contributed by atoms with E-state index in [-0.39, 0.29) is 35.4 Å². The van der Waals surface area contributed by atoms with Gasteiger partial charge in [-0.2, -0.15) is 0 Å². The molecule has 7 heterocycles. The summed E-state index contributed by atoms with van der Waals surface area (Å²) in [6.45, 7) is 17.9. The number of benzene rings is 2. The van der Waals surface area contributed by atoms with Gasteiger partial charge in [-0.1, -0.05) is 17.7 Å². The summed E-state index contributed by atoms with van der Waals surface area (Å²) in [6, 6.07) is 13.3. The molecule has 5 amide bonds. The molecule has 1 N–H and O–H groups in total. The number of hydrogen-bond donors (Lipinski definition) is 1. The van der Waals surface area contributed by atoms with Crippen molar-refractivity contribution in [2.75, 3.05) is 80.1 Å². The number of fused-ring (bicyclic) bond motifs is 1. The van der Waals surface area contributed by atoms with E-state index in [1.165, 1.54) is 6.20 Å². The summed E-state index contributed by atoms with van der Waals surface area (Å²) in [7, 11) is 0. The Bertz CT molecular complexity index is 2260. The van der Waals surface area contributed by atoms with Gasteiger partial charge < -0.3 is 19.6 Å². The second-order valence-corrected chi connectivity index (χ2v) is 17.8. The maximum absolute atomic E-state index is 13.6. The van der Waals surface area contributed by atoms with Gasteiger partial charge in [0.2, 0.25) is 23.5 Å². The molecule has 312 valence electrons. The zero-order chi connectivity index (χ0) is 41.7. The van der Waals surface area contributed by atoms with Crippen LogP contribution in [0.2, 0.25) is 5.02 Å². The Morgan fingerprint density at radius 3 is 2.30 bits per heavy atom. The zero-order valence-corrected chi connectivity index (χ0v) is 34.6. The highest BCUT2D eigenvalue weighted by Crippen LogP contribution is 2.46. The van der Waals surface area contributed by atoms with E-state index in [1.807, 2.05) is 40.1 Å². The first-order chi connectivity index (χ1) is 29.0. The lowest BCUT2D eigenvalue weighted by Crippen LogP contribution is -2.54. The molecule has 0 saturated carbocycles. The van der Waals surface area contributed by atoms with E-state index in [1.54, 1.807) is 0 Å². The van der Waals surface area contributed by atoms with E-state index < -0.39 is 29.7 Å². The predicted octanol–water partition coefficient (Wildman–Crippen LogP) is 4.64. The molecule has 0 aliphatic carbocycles. The molecule has 1 aromatic heterocycles. The molecule has 16 heteroatoms. The van der Waals surface area contributed by atoms with Crippen LogP contribution in [0.15, 0.2) is 48.7 Å². The number of hydrogen-bond acceptors (Lipinski definition) is 11. The lowest BCUT2D eigenvalue weighted by molar-refractivity contribution is -0.136. The van der Waals surface area contributed by atoms with Crippen molar-refractivity contribution < 1.29 is 24.0 Å². The lowest BCUT2D eigenvalue weighted by atomic mass is 9.76. The Labute approximate surface area is 354 Å². The number of amides is 5. The highest BCUT2D eigenvalue weighted by atomic mass is 35.5. The minimum atomic E-state index is -1.04. The van der Waals surface area contributed by atoms with Crippen LogP contribution < -0.4 is 20.0 Å². The number of rotatable bonds is 7. The smallest absolute Gasteiger partial charge is 0.281 e. The standard InChI is InChI=1S/C44H49ClN10O5/c1-28-24-44(27-54(28)32-7-8-35(46-2)34(45)23-32)13-17-51(18-14-44)31-5-3-30(4-6-31)40(58)52-21-19-50(20-22-52)26-29-11-15-53(16-12-29)43-47-25-33-38(49-43)42(60)55(41(33)59)36-9-10-37(56)48-39(36)57/h3-8,23,25,28-29,36H,9-22,24,26-27H2,1H3,(H,48,56,57)/t28-,36?/m0/s1. The topological polar surface area (TPSA) is 147 Å². The van der Waals surface area contributed by atoms with Crippen molar-refractivity contribution in [2.24, 2.45) is 11.3 Å². The first-order valence-electron chi connectivity index (χ1n) is 21.1. The normalized spacial score (nSPS) is 23.6. The number of carbonyl (C=O) groups is 5. The van der Waals surface area contributed by atoms with Gasteiger partial charge in [-0.15, -0.1) is 0 Å². The van der Waals surface area contributed by atoms with Gasteiger partial charge >= 0.3 is 0 Å². The van der Waals surface area contributed by atoms with Gasteiger partial charge in [0.15, 0.2) is 0 Å². The number of anilines is 3. The number of halogens is 1. The molecule has 6 aliphatic heterocycles. The maximum atomic E-state index is 13.6. The highest BCUT2D eigenvalue weighted by Gasteiger charge is 2.47. The fourth-order valence-corrected chi connectivity index (χ4v) is 10.5. The zero-order valence-electron chi connectivity index (χ0n) is 33.8. The molecule has 3 aromatic rings. The Hall–Kier alpha value is -5.59. The monoisotopic (exact) mass is 832 g/mol. The third-order valence-corrected chi connectivity index (χ3v) is 14.0. The van der Waals surface area contributed by atoms with Crippen LogP contribution in [-0.2, 0) is 9.59 Å². The van der Waals surface area contributed by atoms with Crippen molar-refractivity contribution in [1.82, 2.24) is 30.0 Å². The summed E-state index contributed by atoms with van der Waals surface area (Å²) >= 11 is 6.39. The fourth-order valence-electron chi connectivity index (χ4n) is 10.2. The third kappa shape index (κ3) is 7.55. The van der Waals surface area contributed by atoms with E-state index in [9.17, 15) is 24.0 Å². The summed E-state index contributed by atoms with van der Waals surface area (Å²) in [4.78, 5) is 88.6. The SMILES string of the molecule is [C-]#[N+]c1ccc(N2CC3(CCN(c4ccc(C(=O)N5CCN(CC6CCN(c7ncc8c(n7)C(=O)N(C7CCC(=O)NC7=O)C8=O)CC6)CC5)cc4)CC3)C[C@@H]2C)cc1Cl. The van der Waals surface area contributed by atoms with Gasteiger partial charge in [-0.3, -0.25) is 39.1 Å². The largest absolute Gasteiger partial charge is 0.371 e. The van der Waals surface area contributed by atoms with Gasteiger partial charge in [0.25, 0.3) is 17.7 Å². The summed E-state index contributed by atoms with van der Waals surface area (Å²) in [5.41, 5.74) is 3.79. The minimum Gasteiger partial charge on any atom is -0.371 e. The quantitative estimate of drug-likeness (QED) is 0.263. The van der Waals surface area contributed by atoms with E-state index in [4.69, 9.17) is 18.2 Å². The molecule has 0 bridgehead atoms. The van der Waals surface area contributed by atoms with Crippen molar-refractivity contribution in [3.63, 3.8) is 0 Å². The van der Waals surface area contributed by atoms with Gasteiger partial charge in [0, 0.05) is 106 Å². The lowest BCUT2D eigenvalue weighted by Gasteiger charge is -2.40. The first kappa shape index (κ1) is 39.8. The molecule has 1 spiro atoms. The van der Waals surface area contributed by atoms with Crippen LogP contribution in [0.5, 0.6) is 0 Å². The van der Waals surface area contributed by atoms with Gasteiger partial charge in [-0.25, -0.2) is 14.8 Å². The molecule has 5 saturated heterocycles. The Balaban J connectivity index is 0.717. The van der Waals surface area contributed by atoms with E-state index in [0.29, 0.717) is 54.8 Å². The van der Waals surface area contributed by atoms with Crippen LogP contribution >= 0.6 is 11.6 Å². The first-order valence-corrected chi connectivity index (χ1v) is 21.5. The molecular formula is C44H49ClN10O5. The van der Waals surface area contributed by atoms with Gasteiger partial charge in [-0.05, 0) is 93.2 Å². The van der Waals surface area contributed by atoms with Gasteiger partial charge in [0.05, 0.1) is 12.1 Å². The number of aromatic nitrogens is 2. The molecule has 15 nitrogen and oxygen atoms in total. The molecule has 2 aromatic carbocycles. The average molecular weight is 833 g/mol. The van der Waals surface area contributed by atoms with E-state index in [0.717, 1.165) is 93.2 Å². The summed E-state index contributed by atoms with van der Waals surface area (Å²) in [5.74, 6) is -1.38. The third-order valence-electron chi connectivity index (χ3n) is 13.7. The van der Waals surface area contributed by atoms with Gasteiger partial charge in [0.1, 0.15) is 11.7 Å². The van der Waals surface area contributed by atoms with Crippen molar-refractivity contribution in [2.45, 2.75) is 64.0 Å². The summed E-state index contributed by atoms with van der Waals surface area (Å²) < 4.78 is 0. The Morgan fingerprint density at radius 1 is 0.900 bits per heavy atom. The van der Waals surface area contributed by atoms with Crippen molar-refractivity contribution >= 4 is 64.1 Å². The predicted molar refractivity (Wildman–Crippen MR) is 225 cm³/mol. The van der Waals surface area contributed by atoms with Crippen LogP contribution in [0.3, 0.4) is 0 Å². The fraction of sp³-hybridized carbons (Fsp3) is 0.500. The number of imide groups is 2. The van der Waals surface area contributed by atoms with E-state index in [2.05, 4.69) is 53.9 Å². The molecular weight excluding hydrogens is 784 g/mol. The number of nitrogens with zero attached hydrogens (tertiary/aromatic N) is 9. The number of piperazine rings is 1. The van der Waals surface area contributed by atoms with Crippen LogP contribution in [0.4, 0.5) is 23.0 Å². The minimum absolute atomic E-state index is 0.00325. The maximum Gasteiger partial charge on any atom is 0.281 e. The van der Waals surface area contributed by atoms with Crippen LogP contribution in [0.25, 0.3) is 4.85 Å². The molecule has 5 fully saturated rings. The molecule has 6 aliphatic rings. The Morgan fingerprint density at radius 2 is 1.62 bits per heavy atom. The van der Waals surface area contributed by atoms with Crippen molar-refractivity contribution in [3.05, 3.63) is 81.9 Å². The van der Waals surface area contributed by atoms with Crippen LogP contribution in [0.1, 0.15) is 83.1 Å². The summed E-state index contributed by atoms with van der Waals surface area (Å²) in [6.07, 6.45) is 6.71. The summed E-state index contributed by atoms with van der Waals surface area (Å²) in [5, 5.41) is 2.72. The second kappa shape index (κ2) is 16.1. The van der Waals surface area contributed by atoms with E-state index >= 15 is 0 Å². The number of nitrogens with one attached hydrogen (secondary N) is 1. The molecule has 1 unspecified atom stereocenters. The highest BCUT2D eigenvalue weighted by molar-refractivity contribution is 6.33. The molecule has 2 atom stereocenters. The molecule has 0 radical (unpaired) electrons. The number of carbonyl (C=O) groups excluding carboxylic acids is 5. The number of piperidine rings is 3. The average Bonchev–Trinajstić information content (AvgIpc) is 3.71. The second-order valence-electron chi connectivity index (χ2n) is 17.4. The van der Waals surface area contributed by atoms with Crippen LogP contribution in [0, 0.1) is 17.9 Å². The molecule has 9 rings (SSSR count).